The van der Waals surface area contributed by atoms with Gasteiger partial charge in [0.2, 0.25) is 12.0 Å². The molecule has 1 aromatic carbocycles. The molecule has 0 aliphatic carbocycles. The Kier molecular flexibility index (Phi) is 6.22. The summed E-state index contributed by atoms with van der Waals surface area (Å²) in [7, 11) is 0. The highest BCUT2D eigenvalue weighted by atomic mass is 19.4. The standard InChI is InChI=1S/C14H13F6NO3/c1-8(22)21-6-5-11(23)24-12(14(18,19)20)9-3-2-4-10(7-9)13(15,16)17/h2-4,7,12H,5-6H2,1H3,(H,21,22)/t12-/m0/s1. The van der Waals surface area contributed by atoms with Crippen LogP contribution in [-0.4, -0.2) is 24.6 Å². The van der Waals surface area contributed by atoms with Gasteiger partial charge in [-0.25, -0.2) is 0 Å². The largest absolute Gasteiger partial charge is 0.448 e. The first-order valence-corrected chi connectivity index (χ1v) is 6.59. The van der Waals surface area contributed by atoms with Gasteiger partial charge >= 0.3 is 18.3 Å². The van der Waals surface area contributed by atoms with Gasteiger partial charge in [0, 0.05) is 19.0 Å². The van der Waals surface area contributed by atoms with Crippen LogP contribution < -0.4 is 5.32 Å². The highest BCUT2D eigenvalue weighted by molar-refractivity contribution is 5.74. The zero-order chi connectivity index (χ0) is 18.5. The van der Waals surface area contributed by atoms with Crippen LogP contribution in [0, 0.1) is 0 Å². The predicted molar refractivity (Wildman–Crippen MR) is 69.6 cm³/mol. The van der Waals surface area contributed by atoms with E-state index in [1.807, 2.05) is 0 Å². The van der Waals surface area contributed by atoms with Gasteiger partial charge in [-0.15, -0.1) is 0 Å². The van der Waals surface area contributed by atoms with Crippen LogP contribution in [-0.2, 0) is 20.5 Å². The number of benzene rings is 1. The highest BCUT2D eigenvalue weighted by Gasteiger charge is 2.45. The van der Waals surface area contributed by atoms with Crippen molar-refractivity contribution >= 4 is 11.9 Å². The molecule has 0 aliphatic rings. The minimum atomic E-state index is -5.09. The second-order valence-electron chi connectivity index (χ2n) is 4.77. The molecule has 0 bridgehead atoms. The van der Waals surface area contributed by atoms with Crippen molar-refractivity contribution in [1.29, 1.82) is 0 Å². The molecule has 0 saturated heterocycles. The van der Waals surface area contributed by atoms with Crippen LogP contribution in [0.3, 0.4) is 0 Å². The van der Waals surface area contributed by atoms with Crippen molar-refractivity contribution in [2.45, 2.75) is 31.8 Å². The first kappa shape index (κ1) is 19.8. The zero-order valence-corrected chi connectivity index (χ0v) is 12.3. The summed E-state index contributed by atoms with van der Waals surface area (Å²) >= 11 is 0. The number of halogens is 6. The Morgan fingerprint density at radius 3 is 2.29 bits per heavy atom. The molecule has 24 heavy (non-hydrogen) atoms. The van der Waals surface area contributed by atoms with Crippen molar-refractivity contribution < 1.29 is 40.7 Å². The molecule has 10 heteroatoms. The average molecular weight is 357 g/mol. The fourth-order valence-corrected chi connectivity index (χ4v) is 1.73. The predicted octanol–water partition coefficient (Wildman–Crippen LogP) is 3.38. The summed E-state index contributed by atoms with van der Waals surface area (Å²) in [6.07, 6.45) is -13.3. The Balaban J connectivity index is 2.95. The van der Waals surface area contributed by atoms with Gasteiger partial charge in [-0.3, -0.25) is 9.59 Å². The molecule has 0 saturated carbocycles. The smallest absolute Gasteiger partial charge is 0.429 e. The molecule has 1 rings (SSSR count). The fourth-order valence-electron chi connectivity index (χ4n) is 1.73. The van der Waals surface area contributed by atoms with E-state index >= 15 is 0 Å². The number of rotatable bonds is 5. The maximum Gasteiger partial charge on any atom is 0.429 e. The van der Waals surface area contributed by atoms with Crippen LogP contribution in [0.5, 0.6) is 0 Å². The van der Waals surface area contributed by atoms with Crippen LogP contribution in [0.25, 0.3) is 0 Å². The molecule has 0 aliphatic heterocycles. The van der Waals surface area contributed by atoms with Gasteiger partial charge in [0.1, 0.15) is 0 Å². The van der Waals surface area contributed by atoms with Crippen LogP contribution in [0.15, 0.2) is 24.3 Å². The van der Waals surface area contributed by atoms with E-state index in [0.717, 1.165) is 19.1 Å². The van der Waals surface area contributed by atoms with E-state index in [2.05, 4.69) is 10.1 Å². The van der Waals surface area contributed by atoms with Crippen molar-refractivity contribution in [2.24, 2.45) is 0 Å². The number of nitrogens with one attached hydrogen (secondary N) is 1. The van der Waals surface area contributed by atoms with Gasteiger partial charge in [-0.2, -0.15) is 26.3 Å². The molecule has 1 aromatic rings. The van der Waals surface area contributed by atoms with Crippen molar-refractivity contribution in [3.05, 3.63) is 35.4 Å². The maximum absolute atomic E-state index is 13.0. The minimum absolute atomic E-state index is 0.249. The van der Waals surface area contributed by atoms with Crippen molar-refractivity contribution in [2.75, 3.05) is 6.54 Å². The zero-order valence-electron chi connectivity index (χ0n) is 12.3. The molecule has 4 nitrogen and oxygen atoms in total. The third-order valence-electron chi connectivity index (χ3n) is 2.77. The van der Waals surface area contributed by atoms with Crippen LogP contribution in [0.2, 0.25) is 0 Å². The summed E-state index contributed by atoms with van der Waals surface area (Å²) in [6, 6.07) is 2.46. The van der Waals surface area contributed by atoms with Gasteiger partial charge in [0.25, 0.3) is 0 Å². The number of carbonyl (C=O) groups excluding carboxylic acids is 2. The third-order valence-corrected chi connectivity index (χ3v) is 2.77. The van der Waals surface area contributed by atoms with Crippen molar-refractivity contribution in [1.82, 2.24) is 5.32 Å². The molecule has 0 spiro atoms. The summed E-state index contributed by atoms with van der Waals surface area (Å²) in [5.41, 5.74) is -2.13. The van der Waals surface area contributed by atoms with Gasteiger partial charge < -0.3 is 10.1 Å². The summed E-state index contributed by atoms with van der Waals surface area (Å²) in [4.78, 5) is 22.1. The number of hydrogen-bond donors (Lipinski definition) is 1. The lowest BCUT2D eigenvalue weighted by atomic mass is 10.1. The second-order valence-corrected chi connectivity index (χ2v) is 4.77. The molecular weight excluding hydrogens is 344 g/mol. The number of amides is 1. The summed E-state index contributed by atoms with van der Waals surface area (Å²) in [5, 5.41) is 2.19. The molecule has 0 fully saturated rings. The highest BCUT2D eigenvalue weighted by Crippen LogP contribution is 2.38. The first-order chi connectivity index (χ1) is 10.9. The Morgan fingerprint density at radius 2 is 1.79 bits per heavy atom. The van der Waals surface area contributed by atoms with Gasteiger partial charge in [0.15, 0.2) is 0 Å². The Morgan fingerprint density at radius 1 is 1.17 bits per heavy atom. The quantitative estimate of drug-likeness (QED) is 0.649. The lowest BCUT2D eigenvalue weighted by molar-refractivity contribution is -0.224. The van der Waals surface area contributed by atoms with E-state index in [-0.39, 0.29) is 12.6 Å². The Bertz CT molecular complexity index is 597. The fraction of sp³-hybridized carbons (Fsp3) is 0.429. The molecule has 0 radical (unpaired) electrons. The summed E-state index contributed by atoms with van der Waals surface area (Å²) in [6.45, 7) is 0.897. The van der Waals surface area contributed by atoms with E-state index in [9.17, 15) is 35.9 Å². The normalized spacial score (nSPS) is 13.3. The molecule has 0 aromatic heterocycles. The van der Waals surface area contributed by atoms with E-state index in [1.54, 1.807) is 0 Å². The van der Waals surface area contributed by atoms with Gasteiger partial charge in [-0.05, 0) is 12.1 Å². The molecule has 1 atom stereocenters. The molecular formula is C14H13F6NO3. The van der Waals surface area contributed by atoms with E-state index < -0.39 is 47.9 Å². The SMILES string of the molecule is CC(=O)NCCC(=O)O[C@@H](c1cccc(C(F)(F)F)c1)C(F)(F)F. The monoisotopic (exact) mass is 357 g/mol. The third kappa shape index (κ3) is 6.09. The Labute approximate surface area is 132 Å². The number of hydrogen-bond acceptors (Lipinski definition) is 3. The Hall–Kier alpha value is -2.26. The number of carbonyl (C=O) groups is 2. The molecule has 0 heterocycles. The lowest BCUT2D eigenvalue weighted by Crippen LogP contribution is -2.29. The first-order valence-electron chi connectivity index (χ1n) is 6.59. The van der Waals surface area contributed by atoms with Crippen LogP contribution >= 0.6 is 0 Å². The molecule has 1 N–H and O–H groups in total. The van der Waals surface area contributed by atoms with E-state index in [0.29, 0.717) is 6.07 Å². The molecule has 0 unspecified atom stereocenters. The summed E-state index contributed by atoms with van der Waals surface area (Å²) in [5.74, 6) is -1.79. The van der Waals surface area contributed by atoms with E-state index in [1.165, 1.54) is 0 Å². The number of ether oxygens (including phenoxy) is 1. The molecule has 1 amide bonds. The van der Waals surface area contributed by atoms with Gasteiger partial charge in [-0.1, -0.05) is 12.1 Å². The number of alkyl halides is 6. The van der Waals surface area contributed by atoms with Crippen molar-refractivity contribution in [3.63, 3.8) is 0 Å². The van der Waals surface area contributed by atoms with Crippen LogP contribution in [0.1, 0.15) is 30.6 Å². The minimum Gasteiger partial charge on any atom is -0.448 e. The maximum atomic E-state index is 13.0. The van der Waals surface area contributed by atoms with Crippen molar-refractivity contribution in [3.8, 4) is 0 Å². The number of esters is 1. The van der Waals surface area contributed by atoms with Crippen LogP contribution in [0.4, 0.5) is 26.3 Å². The average Bonchev–Trinajstić information content (AvgIpc) is 2.42. The second kappa shape index (κ2) is 7.54. The molecule has 134 valence electrons. The van der Waals surface area contributed by atoms with E-state index in [4.69, 9.17) is 0 Å². The topological polar surface area (TPSA) is 55.4 Å². The lowest BCUT2D eigenvalue weighted by Gasteiger charge is -2.22. The summed E-state index contributed by atoms with van der Waals surface area (Å²) < 4.78 is 81.1. The van der Waals surface area contributed by atoms with Gasteiger partial charge in [0.05, 0.1) is 12.0 Å².